The van der Waals surface area contributed by atoms with Gasteiger partial charge in [0.1, 0.15) is 5.01 Å². The maximum Gasteiger partial charge on any atom is 0.394 e. The summed E-state index contributed by atoms with van der Waals surface area (Å²) in [5, 5.41) is 19.2. The zero-order chi connectivity index (χ0) is 12.1. The number of carbonyl (C=O) groups excluding carboxylic acids is 1. The van der Waals surface area contributed by atoms with Crippen LogP contribution in [0.3, 0.4) is 0 Å². The summed E-state index contributed by atoms with van der Waals surface area (Å²) >= 11 is 1.21. The molecular weight excluding hydrogens is 230 g/mol. The van der Waals surface area contributed by atoms with Gasteiger partial charge < -0.3 is 5.11 Å². The number of carbonyl (C=O) groups is 2. The highest BCUT2D eigenvalue weighted by molar-refractivity contribution is 7.15. The maximum atomic E-state index is 10.8. The van der Waals surface area contributed by atoms with Crippen molar-refractivity contribution in [1.82, 2.24) is 10.2 Å². The monoisotopic (exact) mass is 243 g/mol. The molecule has 0 spiro atoms. The Morgan fingerprint density at radius 2 is 2.19 bits per heavy atom. The second-order valence-corrected chi connectivity index (χ2v) is 4.40. The van der Waals surface area contributed by atoms with Gasteiger partial charge in [-0.3, -0.25) is 10.1 Å². The fourth-order valence-corrected chi connectivity index (χ4v) is 2.02. The van der Waals surface area contributed by atoms with E-state index < -0.39 is 11.9 Å². The molecule has 6 nitrogen and oxygen atoms in total. The highest BCUT2D eigenvalue weighted by Crippen LogP contribution is 2.26. The van der Waals surface area contributed by atoms with Crippen LogP contribution in [0, 0.1) is 0 Å². The Hall–Kier alpha value is -1.50. The van der Waals surface area contributed by atoms with E-state index in [2.05, 4.69) is 22.4 Å². The summed E-state index contributed by atoms with van der Waals surface area (Å²) in [4.78, 5) is 21.1. The van der Waals surface area contributed by atoms with E-state index in [1.165, 1.54) is 11.3 Å². The molecule has 0 radical (unpaired) electrons. The van der Waals surface area contributed by atoms with Gasteiger partial charge in [0, 0.05) is 5.92 Å². The molecule has 1 atom stereocenters. The van der Waals surface area contributed by atoms with Crippen LogP contribution in [0.4, 0.5) is 5.13 Å². The van der Waals surface area contributed by atoms with Gasteiger partial charge in [-0.2, -0.15) is 0 Å². The normalized spacial score (nSPS) is 12.1. The summed E-state index contributed by atoms with van der Waals surface area (Å²) in [7, 11) is 0. The second kappa shape index (κ2) is 5.55. The first-order valence-corrected chi connectivity index (χ1v) is 5.74. The molecule has 88 valence electrons. The third kappa shape index (κ3) is 3.27. The van der Waals surface area contributed by atoms with Gasteiger partial charge in [0.05, 0.1) is 0 Å². The van der Waals surface area contributed by atoms with Crippen molar-refractivity contribution in [3.63, 3.8) is 0 Å². The lowest BCUT2D eigenvalue weighted by molar-refractivity contribution is -0.147. The predicted octanol–water partition coefficient (Wildman–Crippen LogP) is 1.46. The smallest absolute Gasteiger partial charge is 0.394 e. The largest absolute Gasteiger partial charge is 0.474 e. The SMILES string of the molecule is CCC[C@H](C)c1nnc(NC(=O)C(=O)O)s1. The van der Waals surface area contributed by atoms with Crippen molar-refractivity contribution in [2.24, 2.45) is 0 Å². The predicted molar refractivity (Wildman–Crippen MR) is 59.5 cm³/mol. The van der Waals surface area contributed by atoms with Gasteiger partial charge in [-0.05, 0) is 6.42 Å². The zero-order valence-electron chi connectivity index (χ0n) is 9.06. The van der Waals surface area contributed by atoms with Crippen LogP contribution in [0.15, 0.2) is 0 Å². The summed E-state index contributed by atoms with van der Waals surface area (Å²) < 4.78 is 0. The lowest BCUT2D eigenvalue weighted by Gasteiger charge is -2.02. The molecule has 0 bridgehead atoms. The molecule has 1 aromatic rings. The third-order valence-corrected chi connectivity index (χ3v) is 3.07. The maximum absolute atomic E-state index is 10.8. The quantitative estimate of drug-likeness (QED) is 0.781. The van der Waals surface area contributed by atoms with Crippen LogP contribution in [0.5, 0.6) is 0 Å². The third-order valence-electron chi connectivity index (χ3n) is 2.00. The summed E-state index contributed by atoms with van der Waals surface area (Å²) in [6.45, 7) is 4.09. The molecule has 2 N–H and O–H groups in total. The van der Waals surface area contributed by atoms with E-state index in [0.29, 0.717) is 0 Å². The van der Waals surface area contributed by atoms with E-state index in [1.807, 2.05) is 6.92 Å². The Kier molecular flexibility index (Phi) is 4.36. The van der Waals surface area contributed by atoms with Crippen LogP contribution in [-0.4, -0.2) is 27.2 Å². The average molecular weight is 243 g/mol. The van der Waals surface area contributed by atoms with Crippen LogP contribution in [-0.2, 0) is 9.59 Å². The number of nitrogens with zero attached hydrogens (tertiary/aromatic N) is 2. The number of nitrogens with one attached hydrogen (secondary N) is 1. The number of hydrogen-bond acceptors (Lipinski definition) is 5. The van der Waals surface area contributed by atoms with Gasteiger partial charge in [0.25, 0.3) is 0 Å². The van der Waals surface area contributed by atoms with Crippen LogP contribution >= 0.6 is 11.3 Å². The molecule has 1 amide bonds. The minimum Gasteiger partial charge on any atom is -0.474 e. The Morgan fingerprint density at radius 3 is 2.75 bits per heavy atom. The first-order valence-electron chi connectivity index (χ1n) is 4.92. The topological polar surface area (TPSA) is 92.2 Å². The minimum atomic E-state index is -1.53. The zero-order valence-corrected chi connectivity index (χ0v) is 9.87. The molecule has 0 aliphatic rings. The molecule has 1 heterocycles. The Labute approximate surface area is 96.7 Å². The van der Waals surface area contributed by atoms with Crippen LogP contribution in [0.25, 0.3) is 0 Å². The van der Waals surface area contributed by atoms with Gasteiger partial charge in [-0.15, -0.1) is 10.2 Å². The van der Waals surface area contributed by atoms with Gasteiger partial charge in [0.2, 0.25) is 5.13 Å². The van der Waals surface area contributed by atoms with Crippen molar-refractivity contribution in [2.45, 2.75) is 32.6 Å². The van der Waals surface area contributed by atoms with Crippen molar-refractivity contribution in [3.8, 4) is 0 Å². The summed E-state index contributed by atoms with van der Waals surface area (Å²) in [5.74, 6) is -2.35. The van der Waals surface area contributed by atoms with E-state index in [4.69, 9.17) is 5.11 Å². The Morgan fingerprint density at radius 1 is 1.50 bits per heavy atom. The first-order chi connectivity index (χ1) is 7.54. The van der Waals surface area contributed by atoms with Crippen LogP contribution in [0.2, 0.25) is 0 Å². The molecule has 1 rings (SSSR count). The van der Waals surface area contributed by atoms with Crippen LogP contribution in [0.1, 0.15) is 37.6 Å². The van der Waals surface area contributed by atoms with Gasteiger partial charge in [-0.25, -0.2) is 4.79 Å². The number of carboxylic acids is 1. The van der Waals surface area contributed by atoms with E-state index in [0.717, 1.165) is 17.8 Å². The highest BCUT2D eigenvalue weighted by Gasteiger charge is 2.16. The van der Waals surface area contributed by atoms with E-state index in [1.54, 1.807) is 0 Å². The average Bonchev–Trinajstić information content (AvgIpc) is 2.66. The molecule has 7 heteroatoms. The molecule has 0 saturated heterocycles. The highest BCUT2D eigenvalue weighted by atomic mass is 32.1. The molecular formula is C9H13N3O3S. The van der Waals surface area contributed by atoms with E-state index in [-0.39, 0.29) is 11.0 Å². The Bertz CT molecular complexity index is 391. The lowest BCUT2D eigenvalue weighted by atomic mass is 10.1. The second-order valence-electron chi connectivity index (χ2n) is 3.39. The fraction of sp³-hybridized carbons (Fsp3) is 0.556. The number of aromatic nitrogens is 2. The number of amides is 1. The van der Waals surface area contributed by atoms with Crippen molar-refractivity contribution in [1.29, 1.82) is 0 Å². The number of hydrogen-bond donors (Lipinski definition) is 2. The van der Waals surface area contributed by atoms with Gasteiger partial charge >= 0.3 is 11.9 Å². The molecule has 0 saturated carbocycles. The van der Waals surface area contributed by atoms with Gasteiger partial charge in [0.15, 0.2) is 0 Å². The molecule has 1 aromatic heterocycles. The minimum absolute atomic E-state index is 0.227. The Balaban J connectivity index is 2.64. The van der Waals surface area contributed by atoms with E-state index in [9.17, 15) is 9.59 Å². The van der Waals surface area contributed by atoms with Crippen molar-refractivity contribution >= 4 is 28.3 Å². The molecule has 0 aliphatic carbocycles. The van der Waals surface area contributed by atoms with Gasteiger partial charge in [-0.1, -0.05) is 31.6 Å². The molecule has 0 unspecified atom stereocenters. The lowest BCUT2D eigenvalue weighted by Crippen LogP contribution is -2.21. The first kappa shape index (κ1) is 12.6. The summed E-state index contributed by atoms with van der Waals surface area (Å²) in [5.41, 5.74) is 0. The van der Waals surface area contributed by atoms with Crippen molar-refractivity contribution < 1.29 is 14.7 Å². The van der Waals surface area contributed by atoms with Crippen LogP contribution < -0.4 is 5.32 Å². The fourth-order valence-electron chi connectivity index (χ4n) is 1.19. The standard InChI is InChI=1S/C9H13N3O3S/c1-3-4-5(2)7-11-12-9(16-7)10-6(13)8(14)15/h5H,3-4H2,1-2H3,(H,14,15)(H,10,12,13)/t5-/m0/s1. The van der Waals surface area contributed by atoms with E-state index >= 15 is 0 Å². The molecule has 0 aliphatic heterocycles. The summed E-state index contributed by atoms with van der Waals surface area (Å²) in [6.07, 6.45) is 2.03. The van der Waals surface area contributed by atoms with Crippen molar-refractivity contribution in [2.75, 3.05) is 5.32 Å². The number of aliphatic carboxylic acids is 1. The molecule has 0 aromatic carbocycles. The molecule has 0 fully saturated rings. The number of carboxylic acid groups (broad SMARTS) is 1. The summed E-state index contributed by atoms with van der Waals surface area (Å²) in [6, 6.07) is 0. The molecule has 16 heavy (non-hydrogen) atoms. The number of anilines is 1. The van der Waals surface area contributed by atoms with Crippen molar-refractivity contribution in [3.05, 3.63) is 5.01 Å². The number of rotatable bonds is 4.